The number of carbonyl (C=O) groups excluding carboxylic acids is 2. The van der Waals surface area contributed by atoms with Gasteiger partial charge < -0.3 is 15.0 Å². The van der Waals surface area contributed by atoms with Crippen molar-refractivity contribution >= 4 is 12.0 Å². The molecule has 2 aliphatic heterocycles. The van der Waals surface area contributed by atoms with Gasteiger partial charge in [-0.25, -0.2) is 18.0 Å². The number of hydrogen-bond acceptors (Lipinski definition) is 3. The van der Waals surface area contributed by atoms with E-state index >= 15 is 0 Å². The molecule has 1 N–H and O–H groups in total. The molecule has 1 aromatic carbocycles. The van der Waals surface area contributed by atoms with Crippen molar-refractivity contribution in [2.24, 2.45) is 0 Å². The number of likely N-dealkylation sites (tertiary alicyclic amines) is 1. The Morgan fingerprint density at radius 3 is 2.45 bits per heavy atom. The van der Waals surface area contributed by atoms with Gasteiger partial charge in [0, 0.05) is 25.9 Å². The van der Waals surface area contributed by atoms with Crippen LogP contribution in [0.5, 0.6) is 0 Å². The molecule has 2 fully saturated rings. The van der Waals surface area contributed by atoms with Gasteiger partial charge in [-0.1, -0.05) is 0 Å². The maximum Gasteiger partial charge on any atom is 0.407 e. The summed E-state index contributed by atoms with van der Waals surface area (Å²) in [4.78, 5) is 24.7. The quantitative estimate of drug-likeness (QED) is 0.805. The minimum Gasteiger partial charge on any atom is -0.441 e. The van der Waals surface area contributed by atoms with Crippen molar-refractivity contribution in [1.82, 2.24) is 10.2 Å². The Balaban J connectivity index is 1.73. The van der Waals surface area contributed by atoms with Crippen LogP contribution in [0.4, 0.5) is 18.0 Å². The maximum atomic E-state index is 13.7. The Morgan fingerprint density at radius 2 is 1.86 bits per heavy atom. The summed E-state index contributed by atoms with van der Waals surface area (Å²) in [6, 6.07) is 1.65. The van der Waals surface area contributed by atoms with E-state index in [9.17, 15) is 22.8 Å². The number of hydrogen-bond donors (Lipinski definition) is 1. The van der Waals surface area contributed by atoms with Crippen LogP contribution < -0.4 is 5.32 Å². The standard InChI is InChI=1S/C14H13F3N2O3/c15-9-2-1-8(10(16)11(9)17)12(20)19-5-3-14(4-6-19)7-18-13(21)22-14/h1-2H,3-7H2,(H,18,21). The minimum absolute atomic E-state index is 0.242. The van der Waals surface area contributed by atoms with E-state index in [-0.39, 0.29) is 13.1 Å². The molecule has 8 heteroatoms. The van der Waals surface area contributed by atoms with Crippen molar-refractivity contribution in [2.75, 3.05) is 19.6 Å². The molecule has 2 saturated heterocycles. The van der Waals surface area contributed by atoms with E-state index < -0.39 is 40.6 Å². The second-order valence-corrected chi connectivity index (χ2v) is 5.44. The number of halogens is 3. The lowest BCUT2D eigenvalue weighted by atomic mass is 9.91. The lowest BCUT2D eigenvalue weighted by Gasteiger charge is -2.37. The van der Waals surface area contributed by atoms with Gasteiger partial charge >= 0.3 is 6.09 Å². The van der Waals surface area contributed by atoms with E-state index in [0.29, 0.717) is 19.4 Å². The zero-order chi connectivity index (χ0) is 15.9. The zero-order valence-electron chi connectivity index (χ0n) is 11.5. The van der Waals surface area contributed by atoms with Gasteiger partial charge in [-0.2, -0.15) is 0 Å². The largest absolute Gasteiger partial charge is 0.441 e. The van der Waals surface area contributed by atoms with E-state index in [1.165, 1.54) is 4.90 Å². The number of benzene rings is 1. The van der Waals surface area contributed by atoms with Gasteiger partial charge in [0.25, 0.3) is 5.91 Å². The second-order valence-electron chi connectivity index (χ2n) is 5.44. The first-order valence-corrected chi connectivity index (χ1v) is 6.81. The Labute approximate surface area is 124 Å². The molecular weight excluding hydrogens is 301 g/mol. The fourth-order valence-corrected chi connectivity index (χ4v) is 2.76. The number of nitrogens with zero attached hydrogens (tertiary/aromatic N) is 1. The van der Waals surface area contributed by atoms with Crippen LogP contribution in [0.15, 0.2) is 12.1 Å². The molecule has 0 atom stereocenters. The Morgan fingerprint density at radius 1 is 1.18 bits per heavy atom. The molecule has 0 aromatic heterocycles. The van der Waals surface area contributed by atoms with Crippen molar-refractivity contribution in [3.63, 3.8) is 0 Å². The molecule has 2 amide bonds. The number of rotatable bonds is 1. The zero-order valence-corrected chi connectivity index (χ0v) is 11.5. The summed E-state index contributed by atoms with van der Waals surface area (Å²) in [5.41, 5.74) is -1.14. The first kappa shape index (κ1) is 14.7. The average molecular weight is 314 g/mol. The molecule has 118 valence electrons. The Hall–Kier alpha value is -2.25. The third kappa shape index (κ3) is 2.38. The van der Waals surface area contributed by atoms with Gasteiger partial charge in [0.1, 0.15) is 5.60 Å². The molecule has 3 rings (SSSR count). The van der Waals surface area contributed by atoms with Gasteiger partial charge in [-0.3, -0.25) is 4.79 Å². The number of carbonyl (C=O) groups is 2. The highest BCUT2D eigenvalue weighted by Crippen LogP contribution is 2.30. The predicted octanol–water partition coefficient (Wildman–Crippen LogP) is 1.82. The molecule has 0 saturated carbocycles. The molecular formula is C14H13F3N2O3. The summed E-state index contributed by atoms with van der Waals surface area (Å²) < 4.78 is 45.0. The van der Waals surface area contributed by atoms with Crippen LogP contribution >= 0.6 is 0 Å². The normalized spacial score (nSPS) is 20.0. The summed E-state index contributed by atoms with van der Waals surface area (Å²) in [6.07, 6.45) is 0.317. The fraction of sp³-hybridized carbons (Fsp3) is 0.429. The van der Waals surface area contributed by atoms with E-state index in [4.69, 9.17) is 4.74 Å². The molecule has 0 unspecified atom stereocenters. The summed E-state index contributed by atoms with van der Waals surface area (Å²) in [7, 11) is 0. The monoisotopic (exact) mass is 314 g/mol. The fourth-order valence-electron chi connectivity index (χ4n) is 2.76. The molecule has 1 aromatic rings. The van der Waals surface area contributed by atoms with Crippen molar-refractivity contribution < 1.29 is 27.5 Å². The summed E-state index contributed by atoms with van der Waals surface area (Å²) >= 11 is 0. The van der Waals surface area contributed by atoms with E-state index in [0.717, 1.165) is 12.1 Å². The minimum atomic E-state index is -1.66. The second kappa shape index (κ2) is 5.19. The summed E-state index contributed by atoms with van der Waals surface area (Å²) in [5, 5.41) is 2.56. The molecule has 0 radical (unpaired) electrons. The third-order valence-electron chi connectivity index (χ3n) is 4.09. The van der Waals surface area contributed by atoms with Crippen LogP contribution in [0.25, 0.3) is 0 Å². The van der Waals surface area contributed by atoms with Crippen molar-refractivity contribution in [2.45, 2.75) is 18.4 Å². The van der Waals surface area contributed by atoms with Crippen molar-refractivity contribution in [3.05, 3.63) is 35.1 Å². The molecule has 22 heavy (non-hydrogen) atoms. The lowest BCUT2D eigenvalue weighted by Crippen LogP contribution is -2.48. The van der Waals surface area contributed by atoms with Crippen molar-refractivity contribution in [1.29, 1.82) is 0 Å². The summed E-state index contributed by atoms with van der Waals surface area (Å²) in [6.45, 7) is 0.853. The van der Waals surface area contributed by atoms with E-state index in [1.54, 1.807) is 0 Å². The Bertz CT molecular complexity index is 642. The van der Waals surface area contributed by atoms with Crippen LogP contribution in [0.2, 0.25) is 0 Å². The highest BCUT2D eigenvalue weighted by molar-refractivity contribution is 5.94. The third-order valence-corrected chi connectivity index (χ3v) is 4.09. The van der Waals surface area contributed by atoms with Crippen LogP contribution in [0, 0.1) is 17.5 Å². The van der Waals surface area contributed by atoms with Gasteiger partial charge in [0.15, 0.2) is 17.5 Å². The van der Waals surface area contributed by atoms with Crippen molar-refractivity contribution in [3.8, 4) is 0 Å². The maximum absolute atomic E-state index is 13.7. The highest BCUT2D eigenvalue weighted by atomic mass is 19.2. The van der Waals surface area contributed by atoms with Crippen LogP contribution in [0.1, 0.15) is 23.2 Å². The van der Waals surface area contributed by atoms with Gasteiger partial charge in [0.2, 0.25) is 0 Å². The van der Waals surface area contributed by atoms with Crippen LogP contribution in [-0.2, 0) is 4.74 Å². The number of ether oxygens (including phenoxy) is 1. The van der Waals surface area contributed by atoms with Gasteiger partial charge in [-0.15, -0.1) is 0 Å². The SMILES string of the molecule is O=C1NCC2(CCN(C(=O)c3ccc(F)c(F)c3F)CC2)O1. The van der Waals surface area contributed by atoms with Gasteiger partial charge in [-0.05, 0) is 12.1 Å². The average Bonchev–Trinajstić information content (AvgIpc) is 2.86. The topological polar surface area (TPSA) is 58.6 Å². The number of amides is 2. The Kier molecular flexibility index (Phi) is 3.46. The first-order chi connectivity index (χ1) is 10.4. The molecule has 0 aliphatic carbocycles. The summed E-state index contributed by atoms with van der Waals surface area (Å²) in [5.74, 6) is -5.19. The molecule has 2 aliphatic rings. The number of alkyl carbamates (subject to hydrolysis) is 1. The number of piperidine rings is 1. The molecule has 2 heterocycles. The van der Waals surface area contributed by atoms with Crippen LogP contribution in [0.3, 0.4) is 0 Å². The molecule has 1 spiro atoms. The molecule has 0 bridgehead atoms. The molecule has 5 nitrogen and oxygen atoms in total. The predicted molar refractivity (Wildman–Crippen MR) is 68.7 cm³/mol. The van der Waals surface area contributed by atoms with Crippen LogP contribution in [-0.4, -0.2) is 42.1 Å². The first-order valence-electron chi connectivity index (χ1n) is 6.81. The van der Waals surface area contributed by atoms with E-state index in [1.807, 2.05) is 0 Å². The smallest absolute Gasteiger partial charge is 0.407 e. The van der Waals surface area contributed by atoms with E-state index in [2.05, 4.69) is 5.32 Å². The highest BCUT2D eigenvalue weighted by Gasteiger charge is 2.43. The lowest BCUT2D eigenvalue weighted by molar-refractivity contribution is 0.00317. The van der Waals surface area contributed by atoms with Gasteiger partial charge in [0.05, 0.1) is 12.1 Å². The number of nitrogens with one attached hydrogen (secondary N) is 1.